The Kier molecular flexibility index (Phi) is 7.17. The second-order valence-electron chi connectivity index (χ2n) is 12.2. The van der Waals surface area contributed by atoms with Gasteiger partial charge in [0, 0.05) is 50.0 Å². The Morgan fingerprint density at radius 2 is 1.00 bits per heavy atom. The number of benzene rings is 7. The quantitative estimate of drug-likeness (QED) is 0.169. The molecule has 0 saturated heterocycles. The summed E-state index contributed by atoms with van der Waals surface area (Å²) in [6.07, 6.45) is 0. The molecule has 9 rings (SSSR count). The zero-order valence-electron chi connectivity index (χ0n) is 26.8. The van der Waals surface area contributed by atoms with Crippen LogP contribution in [0.2, 0.25) is 0 Å². The molecule has 0 atom stereocenters. The lowest BCUT2D eigenvalue weighted by molar-refractivity contribution is 0.669. The Morgan fingerprint density at radius 1 is 0.480 bits per heavy atom. The fourth-order valence-electron chi connectivity index (χ4n) is 6.39. The first-order valence-electron chi connectivity index (χ1n) is 16.4. The molecule has 0 radical (unpaired) electrons. The average Bonchev–Trinajstić information content (AvgIpc) is 3.55. The van der Waals surface area contributed by atoms with Crippen molar-refractivity contribution in [3.05, 3.63) is 175 Å². The van der Waals surface area contributed by atoms with Gasteiger partial charge in [-0.2, -0.15) is 0 Å². The molecule has 6 heteroatoms. The van der Waals surface area contributed by atoms with Crippen LogP contribution in [0.5, 0.6) is 0 Å². The van der Waals surface area contributed by atoms with Crippen molar-refractivity contribution in [3.63, 3.8) is 0 Å². The third-order valence-electron chi connectivity index (χ3n) is 8.92. The Bertz CT molecular complexity index is 2630. The van der Waals surface area contributed by atoms with E-state index in [2.05, 4.69) is 35.6 Å². The van der Waals surface area contributed by atoms with Gasteiger partial charge in [-0.25, -0.2) is 15.0 Å². The number of nitrogens with zero attached hydrogens (tertiary/aromatic N) is 3. The molecule has 236 valence electrons. The van der Waals surface area contributed by atoms with Gasteiger partial charge in [0.2, 0.25) is 0 Å². The topological polar surface area (TPSA) is 87.7 Å². The number of rotatable bonds is 7. The van der Waals surface area contributed by atoms with Crippen LogP contribution in [0.1, 0.15) is 11.1 Å². The Hall–Kier alpha value is -6.92. The fraction of sp³-hybridized carbons (Fsp3) is 0. The van der Waals surface area contributed by atoms with Gasteiger partial charge in [-0.15, -0.1) is 0 Å². The van der Waals surface area contributed by atoms with Crippen LogP contribution < -0.4 is 5.32 Å². The first-order valence-corrected chi connectivity index (χ1v) is 16.4. The summed E-state index contributed by atoms with van der Waals surface area (Å²) >= 11 is 0. The van der Waals surface area contributed by atoms with Gasteiger partial charge in [0.1, 0.15) is 11.2 Å². The van der Waals surface area contributed by atoms with Crippen LogP contribution in [0.4, 0.5) is 11.4 Å². The van der Waals surface area contributed by atoms with Crippen LogP contribution in [0.15, 0.2) is 168 Å². The van der Waals surface area contributed by atoms with Crippen molar-refractivity contribution in [2.45, 2.75) is 0 Å². The summed E-state index contributed by atoms with van der Waals surface area (Å²) in [5, 5.41) is 17.1. The highest BCUT2D eigenvalue weighted by molar-refractivity contribution is 6.18. The molecule has 0 spiro atoms. The molecular formula is C44H29N5O. The van der Waals surface area contributed by atoms with Crippen LogP contribution in [-0.2, 0) is 0 Å². The normalized spacial score (nSPS) is 11.3. The first kappa shape index (κ1) is 29.2. The second-order valence-corrected chi connectivity index (χ2v) is 12.2. The van der Waals surface area contributed by atoms with Gasteiger partial charge >= 0.3 is 0 Å². The van der Waals surface area contributed by atoms with E-state index in [0.29, 0.717) is 23.2 Å². The molecule has 0 fully saturated rings. The van der Waals surface area contributed by atoms with Crippen LogP contribution in [0.3, 0.4) is 0 Å². The van der Waals surface area contributed by atoms with Crippen molar-refractivity contribution in [2.24, 2.45) is 0 Å². The third-order valence-corrected chi connectivity index (χ3v) is 8.92. The standard InChI is InChI=1S/C44H29N5O/c45-41(37-24-30-16-10-11-17-31(30)27-38(37)46-34-18-8-3-9-19-34)32-20-22-39-35(25-32)36-26-33(21-23-40(36)50-39)44-48-42(28-12-4-1-5-13-28)47-43(49-44)29-14-6-2-7-15-29/h1-27,45-46H. The van der Waals surface area contributed by atoms with Crippen molar-refractivity contribution in [1.29, 1.82) is 5.41 Å². The highest BCUT2D eigenvalue weighted by atomic mass is 16.3. The monoisotopic (exact) mass is 643 g/mol. The van der Waals surface area contributed by atoms with E-state index in [-0.39, 0.29) is 0 Å². The molecule has 2 heterocycles. The molecule has 0 saturated carbocycles. The van der Waals surface area contributed by atoms with Crippen molar-refractivity contribution in [1.82, 2.24) is 15.0 Å². The van der Waals surface area contributed by atoms with E-state index in [9.17, 15) is 5.41 Å². The Balaban J connectivity index is 1.15. The number of nitrogens with one attached hydrogen (secondary N) is 2. The van der Waals surface area contributed by atoms with Crippen molar-refractivity contribution >= 4 is 49.8 Å². The molecule has 7 aromatic carbocycles. The molecule has 0 aliphatic carbocycles. The van der Waals surface area contributed by atoms with Crippen molar-refractivity contribution < 1.29 is 4.42 Å². The number of anilines is 2. The number of aromatic nitrogens is 3. The zero-order chi connectivity index (χ0) is 33.4. The van der Waals surface area contributed by atoms with Gasteiger partial charge in [-0.05, 0) is 71.4 Å². The minimum absolute atomic E-state index is 0.416. The van der Waals surface area contributed by atoms with E-state index in [1.54, 1.807) is 0 Å². The number of hydrogen-bond donors (Lipinski definition) is 2. The maximum atomic E-state index is 9.48. The van der Waals surface area contributed by atoms with Crippen LogP contribution >= 0.6 is 0 Å². The number of furan rings is 1. The lowest BCUT2D eigenvalue weighted by Crippen LogP contribution is -2.06. The summed E-state index contributed by atoms with van der Waals surface area (Å²) in [4.78, 5) is 14.7. The number of hydrogen-bond acceptors (Lipinski definition) is 6. The molecule has 0 amide bonds. The summed E-state index contributed by atoms with van der Waals surface area (Å²) in [7, 11) is 0. The molecule has 9 aromatic rings. The predicted octanol–water partition coefficient (Wildman–Crippen LogP) is 11.1. The molecule has 6 nitrogen and oxygen atoms in total. The van der Waals surface area contributed by atoms with E-state index >= 15 is 0 Å². The molecule has 0 unspecified atom stereocenters. The van der Waals surface area contributed by atoms with Gasteiger partial charge in [-0.1, -0.05) is 103 Å². The number of fused-ring (bicyclic) bond motifs is 4. The summed E-state index contributed by atoms with van der Waals surface area (Å²) in [5.41, 5.74) is 8.04. The van der Waals surface area contributed by atoms with Gasteiger partial charge in [0.25, 0.3) is 0 Å². The van der Waals surface area contributed by atoms with E-state index in [1.165, 1.54) is 0 Å². The molecule has 2 N–H and O–H groups in total. The highest BCUT2D eigenvalue weighted by Gasteiger charge is 2.17. The number of para-hydroxylation sites is 1. The summed E-state index contributed by atoms with van der Waals surface area (Å²) in [6, 6.07) is 54.4. The minimum Gasteiger partial charge on any atom is -0.456 e. The SMILES string of the molecule is N=C(c1ccc2oc3ccc(-c4nc(-c5ccccc5)nc(-c5ccccc5)n4)cc3c2c1)c1cc2ccccc2cc1Nc1ccccc1. The molecule has 2 aromatic heterocycles. The molecule has 0 aliphatic heterocycles. The van der Waals surface area contributed by atoms with Gasteiger partial charge in [0.05, 0.1) is 5.71 Å². The average molecular weight is 644 g/mol. The summed E-state index contributed by atoms with van der Waals surface area (Å²) in [5.74, 6) is 1.79. The van der Waals surface area contributed by atoms with Gasteiger partial charge in [0.15, 0.2) is 17.5 Å². The Morgan fingerprint density at radius 3 is 1.64 bits per heavy atom. The molecular weight excluding hydrogens is 615 g/mol. The minimum atomic E-state index is 0.416. The molecule has 0 aliphatic rings. The van der Waals surface area contributed by atoms with Crippen LogP contribution in [0, 0.1) is 5.41 Å². The van der Waals surface area contributed by atoms with Crippen molar-refractivity contribution in [2.75, 3.05) is 5.32 Å². The lowest BCUT2D eigenvalue weighted by Gasteiger charge is -2.15. The smallest absolute Gasteiger partial charge is 0.164 e. The van der Waals surface area contributed by atoms with E-state index in [0.717, 1.165) is 71.9 Å². The van der Waals surface area contributed by atoms with Crippen LogP contribution in [0.25, 0.3) is 66.9 Å². The van der Waals surface area contributed by atoms with E-state index in [4.69, 9.17) is 19.4 Å². The van der Waals surface area contributed by atoms with Gasteiger partial charge < -0.3 is 9.73 Å². The second kappa shape index (κ2) is 12.3. The predicted molar refractivity (Wildman–Crippen MR) is 203 cm³/mol. The van der Waals surface area contributed by atoms with Crippen LogP contribution in [-0.4, -0.2) is 20.7 Å². The van der Waals surface area contributed by atoms with Gasteiger partial charge in [-0.3, -0.25) is 5.41 Å². The Labute approximate surface area is 288 Å². The van der Waals surface area contributed by atoms with E-state index in [1.807, 2.05) is 133 Å². The van der Waals surface area contributed by atoms with E-state index < -0.39 is 0 Å². The highest BCUT2D eigenvalue weighted by Crippen LogP contribution is 2.35. The summed E-state index contributed by atoms with van der Waals surface area (Å²) < 4.78 is 6.29. The zero-order valence-corrected chi connectivity index (χ0v) is 26.8. The first-order chi connectivity index (χ1) is 24.7. The molecule has 0 bridgehead atoms. The maximum Gasteiger partial charge on any atom is 0.164 e. The maximum absolute atomic E-state index is 9.48. The fourth-order valence-corrected chi connectivity index (χ4v) is 6.39. The largest absolute Gasteiger partial charge is 0.456 e. The third kappa shape index (κ3) is 5.45. The molecule has 50 heavy (non-hydrogen) atoms. The van der Waals surface area contributed by atoms with Crippen molar-refractivity contribution in [3.8, 4) is 34.2 Å². The summed E-state index contributed by atoms with van der Waals surface area (Å²) in [6.45, 7) is 0. The lowest BCUT2D eigenvalue weighted by atomic mass is 9.96.